The third-order valence-corrected chi connectivity index (χ3v) is 7.45. The molecule has 7 heteroatoms. The van der Waals surface area contributed by atoms with Gasteiger partial charge in [-0.05, 0) is 66.1 Å². The van der Waals surface area contributed by atoms with Gasteiger partial charge in [-0.25, -0.2) is 12.8 Å². The molecular formula is C26H22FNO4S. The number of sulfone groups is 1. The molecule has 3 aromatic carbocycles. The Kier molecular flexibility index (Phi) is 6.42. The van der Waals surface area contributed by atoms with Gasteiger partial charge >= 0.3 is 0 Å². The van der Waals surface area contributed by atoms with Crippen molar-refractivity contribution in [2.24, 2.45) is 0 Å². The number of amides is 1. The van der Waals surface area contributed by atoms with Crippen LogP contribution in [0.25, 0.3) is 11.1 Å². The minimum absolute atomic E-state index is 0.0377. The van der Waals surface area contributed by atoms with Gasteiger partial charge < -0.3 is 9.73 Å². The van der Waals surface area contributed by atoms with Crippen molar-refractivity contribution in [2.75, 3.05) is 6.54 Å². The number of nitrogens with one attached hydrogen (secondary N) is 1. The number of halogens is 1. The van der Waals surface area contributed by atoms with Crippen molar-refractivity contribution >= 4 is 15.7 Å². The molecule has 168 valence electrons. The largest absolute Gasteiger partial charge is 0.468 e. The van der Waals surface area contributed by atoms with Crippen molar-refractivity contribution in [3.8, 4) is 11.1 Å². The molecule has 1 N–H and O–H groups in total. The number of hydrogen-bond acceptors (Lipinski definition) is 4. The lowest BCUT2D eigenvalue weighted by Gasteiger charge is -2.17. The van der Waals surface area contributed by atoms with Gasteiger partial charge in [0.1, 0.15) is 16.8 Å². The van der Waals surface area contributed by atoms with Crippen molar-refractivity contribution in [2.45, 2.75) is 17.1 Å². The predicted octanol–water partition coefficient (Wildman–Crippen LogP) is 5.34. The molecule has 4 aromatic rings. The summed E-state index contributed by atoms with van der Waals surface area (Å²) in [4.78, 5) is 12.7. The number of carbonyl (C=O) groups is 1. The Bertz CT molecular complexity index is 1350. The SMILES string of the molecule is Cc1cc(S(=O)(=O)[C@H](CNC(=O)c2ccc(-c3ccccc3)cc2)c2ccco2)ccc1F. The van der Waals surface area contributed by atoms with Crippen LogP contribution in [-0.2, 0) is 9.84 Å². The highest BCUT2D eigenvalue weighted by Crippen LogP contribution is 2.30. The van der Waals surface area contributed by atoms with Crippen LogP contribution in [0.5, 0.6) is 0 Å². The van der Waals surface area contributed by atoms with E-state index in [-0.39, 0.29) is 22.8 Å². The van der Waals surface area contributed by atoms with Gasteiger partial charge in [0.15, 0.2) is 9.84 Å². The van der Waals surface area contributed by atoms with Crippen LogP contribution in [-0.4, -0.2) is 20.9 Å². The van der Waals surface area contributed by atoms with Gasteiger partial charge in [0.05, 0.1) is 11.2 Å². The molecule has 0 fully saturated rings. The second-order valence-electron chi connectivity index (χ2n) is 7.61. The molecule has 33 heavy (non-hydrogen) atoms. The summed E-state index contributed by atoms with van der Waals surface area (Å²) in [5, 5.41) is 1.53. The zero-order chi connectivity index (χ0) is 23.4. The van der Waals surface area contributed by atoms with Gasteiger partial charge in [0.25, 0.3) is 5.91 Å². The van der Waals surface area contributed by atoms with Crippen molar-refractivity contribution in [3.05, 3.63) is 114 Å². The fraction of sp³-hybridized carbons (Fsp3) is 0.115. The molecular weight excluding hydrogens is 441 g/mol. The third-order valence-electron chi connectivity index (χ3n) is 5.40. The maximum absolute atomic E-state index is 13.7. The first-order valence-electron chi connectivity index (χ1n) is 10.3. The van der Waals surface area contributed by atoms with Crippen LogP contribution < -0.4 is 5.32 Å². The summed E-state index contributed by atoms with van der Waals surface area (Å²) in [6.45, 7) is 1.29. The van der Waals surface area contributed by atoms with E-state index in [2.05, 4.69) is 5.32 Å². The van der Waals surface area contributed by atoms with Crippen LogP contribution in [0.1, 0.15) is 26.9 Å². The summed E-state index contributed by atoms with van der Waals surface area (Å²) in [6, 6.07) is 23.6. The first-order valence-corrected chi connectivity index (χ1v) is 11.9. The van der Waals surface area contributed by atoms with Crippen LogP contribution in [0.15, 0.2) is 101 Å². The van der Waals surface area contributed by atoms with Gasteiger partial charge in [-0.15, -0.1) is 0 Å². The summed E-state index contributed by atoms with van der Waals surface area (Å²) >= 11 is 0. The monoisotopic (exact) mass is 463 g/mol. The molecule has 0 aliphatic carbocycles. The standard InChI is InChI=1S/C26H22FNO4S/c1-18-16-22(13-14-23(18)27)33(30,31)25(24-8-5-15-32-24)17-28-26(29)21-11-9-20(10-12-21)19-6-3-2-4-7-19/h2-16,25H,17H2,1H3,(H,28,29)/t25-/m1/s1. The highest BCUT2D eigenvalue weighted by Gasteiger charge is 2.32. The van der Waals surface area contributed by atoms with Crippen LogP contribution in [0.3, 0.4) is 0 Å². The van der Waals surface area contributed by atoms with Gasteiger partial charge in [0.2, 0.25) is 0 Å². The Hall–Kier alpha value is -3.71. The lowest BCUT2D eigenvalue weighted by atomic mass is 10.0. The average molecular weight is 464 g/mol. The van der Waals surface area contributed by atoms with Crippen LogP contribution >= 0.6 is 0 Å². The van der Waals surface area contributed by atoms with E-state index in [1.165, 1.54) is 25.3 Å². The second kappa shape index (κ2) is 9.42. The van der Waals surface area contributed by atoms with Crippen molar-refractivity contribution in [1.82, 2.24) is 5.32 Å². The van der Waals surface area contributed by atoms with Gasteiger partial charge in [-0.2, -0.15) is 0 Å². The maximum atomic E-state index is 13.7. The summed E-state index contributed by atoms with van der Waals surface area (Å²) < 4.78 is 45.6. The molecule has 1 amide bonds. The van der Waals surface area contributed by atoms with Crippen LogP contribution in [0, 0.1) is 12.7 Å². The number of rotatable bonds is 7. The molecule has 0 saturated carbocycles. The van der Waals surface area contributed by atoms with Crippen molar-refractivity contribution in [1.29, 1.82) is 0 Å². The molecule has 0 bridgehead atoms. The van der Waals surface area contributed by atoms with E-state index in [9.17, 15) is 17.6 Å². The molecule has 0 saturated heterocycles. The third kappa shape index (κ3) is 4.88. The van der Waals surface area contributed by atoms with E-state index in [0.717, 1.165) is 17.2 Å². The summed E-state index contributed by atoms with van der Waals surface area (Å²) in [5.74, 6) is -0.705. The van der Waals surface area contributed by atoms with Crippen molar-refractivity contribution < 1.29 is 22.0 Å². The van der Waals surface area contributed by atoms with Gasteiger partial charge in [-0.1, -0.05) is 42.5 Å². The number of hydrogen-bond donors (Lipinski definition) is 1. The van der Waals surface area contributed by atoms with E-state index in [0.29, 0.717) is 5.56 Å². The molecule has 5 nitrogen and oxygen atoms in total. The molecule has 1 aromatic heterocycles. The summed E-state index contributed by atoms with van der Waals surface area (Å²) in [6.07, 6.45) is 1.37. The Balaban J connectivity index is 1.54. The van der Waals surface area contributed by atoms with Gasteiger partial charge in [-0.3, -0.25) is 4.79 Å². The topological polar surface area (TPSA) is 76.4 Å². The highest BCUT2D eigenvalue weighted by atomic mass is 32.2. The fourth-order valence-electron chi connectivity index (χ4n) is 3.53. The van der Waals surface area contributed by atoms with E-state index in [1.807, 2.05) is 42.5 Å². The lowest BCUT2D eigenvalue weighted by Crippen LogP contribution is -2.31. The second-order valence-corrected chi connectivity index (χ2v) is 9.74. The number of aryl methyl sites for hydroxylation is 1. The molecule has 0 spiro atoms. The quantitative estimate of drug-likeness (QED) is 0.376. The van der Waals surface area contributed by atoms with E-state index >= 15 is 0 Å². The zero-order valence-corrected chi connectivity index (χ0v) is 18.7. The van der Waals surface area contributed by atoms with E-state index in [1.54, 1.807) is 24.3 Å². The van der Waals surface area contributed by atoms with Crippen LogP contribution in [0.2, 0.25) is 0 Å². The average Bonchev–Trinajstić information content (AvgIpc) is 3.36. The highest BCUT2D eigenvalue weighted by molar-refractivity contribution is 7.91. The Morgan fingerprint density at radius 2 is 1.64 bits per heavy atom. The Labute approximate surface area is 191 Å². The predicted molar refractivity (Wildman–Crippen MR) is 124 cm³/mol. The molecule has 4 rings (SSSR count). The molecule has 0 radical (unpaired) electrons. The zero-order valence-electron chi connectivity index (χ0n) is 17.9. The minimum Gasteiger partial charge on any atom is -0.468 e. The Morgan fingerprint density at radius 3 is 2.27 bits per heavy atom. The van der Waals surface area contributed by atoms with E-state index < -0.39 is 26.8 Å². The minimum atomic E-state index is -3.96. The Morgan fingerprint density at radius 1 is 0.939 bits per heavy atom. The van der Waals surface area contributed by atoms with E-state index in [4.69, 9.17) is 4.42 Å². The van der Waals surface area contributed by atoms with Crippen LogP contribution in [0.4, 0.5) is 4.39 Å². The number of benzene rings is 3. The molecule has 1 atom stereocenters. The molecule has 0 unspecified atom stereocenters. The number of furan rings is 1. The van der Waals surface area contributed by atoms with Gasteiger partial charge in [0, 0.05) is 12.1 Å². The molecule has 1 heterocycles. The summed E-state index contributed by atoms with van der Waals surface area (Å²) in [5.41, 5.74) is 2.62. The normalized spacial score (nSPS) is 12.3. The number of carbonyl (C=O) groups excluding carboxylic acids is 1. The fourth-order valence-corrected chi connectivity index (χ4v) is 5.20. The lowest BCUT2D eigenvalue weighted by molar-refractivity contribution is 0.0953. The summed E-state index contributed by atoms with van der Waals surface area (Å²) in [7, 11) is -3.96. The smallest absolute Gasteiger partial charge is 0.251 e. The first kappa shape index (κ1) is 22.5. The maximum Gasteiger partial charge on any atom is 0.251 e. The molecule has 0 aliphatic rings. The molecule has 0 aliphatic heterocycles. The first-order chi connectivity index (χ1) is 15.9. The van der Waals surface area contributed by atoms with Crippen molar-refractivity contribution in [3.63, 3.8) is 0 Å².